The molecule has 0 saturated heterocycles. The van der Waals surface area contributed by atoms with Crippen LogP contribution in [-0.4, -0.2) is 12.0 Å². The third kappa shape index (κ3) is 2.59. The number of aryl methyl sites for hydroxylation is 2. The third-order valence-electron chi connectivity index (χ3n) is 2.32. The van der Waals surface area contributed by atoms with E-state index in [0.29, 0.717) is 6.01 Å². The van der Waals surface area contributed by atoms with Gasteiger partial charge in [-0.15, -0.1) is 0 Å². The van der Waals surface area contributed by atoms with Gasteiger partial charge in [0.05, 0.1) is 6.20 Å². The van der Waals surface area contributed by atoms with Crippen molar-refractivity contribution in [3.05, 3.63) is 47.6 Å². The van der Waals surface area contributed by atoms with Crippen LogP contribution in [0.5, 0.6) is 0 Å². The first-order chi connectivity index (χ1) is 7.78. The predicted molar refractivity (Wildman–Crippen MR) is 59.9 cm³/mol. The van der Waals surface area contributed by atoms with E-state index in [-0.39, 0.29) is 5.82 Å². The molecular weight excluding hydrogens is 207 g/mol. The standard InChI is InChI=1S/C12H13FN2O/c1-14-12-15-8-11(16-12)6-5-9-3-2-4-10(13)7-9/h2-4,7-8H,5-6H2,1H3,(H,14,15). The highest BCUT2D eigenvalue weighted by Crippen LogP contribution is 2.12. The van der Waals surface area contributed by atoms with E-state index >= 15 is 0 Å². The van der Waals surface area contributed by atoms with Crippen molar-refractivity contribution in [3.63, 3.8) is 0 Å². The molecule has 84 valence electrons. The predicted octanol–water partition coefficient (Wildman–Crippen LogP) is 2.64. The number of nitrogens with zero attached hydrogens (tertiary/aromatic N) is 1. The second kappa shape index (κ2) is 4.79. The fourth-order valence-electron chi connectivity index (χ4n) is 1.50. The van der Waals surface area contributed by atoms with Crippen LogP contribution in [0.3, 0.4) is 0 Å². The number of benzene rings is 1. The molecule has 0 unspecified atom stereocenters. The Hall–Kier alpha value is -1.84. The summed E-state index contributed by atoms with van der Waals surface area (Å²) in [5.41, 5.74) is 0.961. The van der Waals surface area contributed by atoms with Crippen molar-refractivity contribution in [2.75, 3.05) is 12.4 Å². The average molecular weight is 220 g/mol. The van der Waals surface area contributed by atoms with Crippen molar-refractivity contribution in [2.45, 2.75) is 12.8 Å². The SMILES string of the molecule is CNc1ncc(CCc2cccc(F)c2)o1. The van der Waals surface area contributed by atoms with Gasteiger partial charge in [-0.05, 0) is 24.1 Å². The quantitative estimate of drug-likeness (QED) is 0.860. The summed E-state index contributed by atoms with van der Waals surface area (Å²) in [5.74, 6) is 0.597. The Morgan fingerprint density at radius 1 is 1.38 bits per heavy atom. The van der Waals surface area contributed by atoms with Crippen molar-refractivity contribution >= 4 is 6.01 Å². The van der Waals surface area contributed by atoms with Crippen molar-refractivity contribution in [2.24, 2.45) is 0 Å². The Kier molecular flexibility index (Phi) is 3.19. The summed E-state index contributed by atoms with van der Waals surface area (Å²) in [6.45, 7) is 0. The van der Waals surface area contributed by atoms with E-state index in [9.17, 15) is 4.39 Å². The van der Waals surface area contributed by atoms with Gasteiger partial charge in [-0.25, -0.2) is 9.37 Å². The van der Waals surface area contributed by atoms with E-state index < -0.39 is 0 Å². The fraction of sp³-hybridized carbons (Fsp3) is 0.250. The second-order valence-corrected chi connectivity index (χ2v) is 3.51. The van der Waals surface area contributed by atoms with Crippen LogP contribution in [0.2, 0.25) is 0 Å². The number of nitrogens with one attached hydrogen (secondary N) is 1. The molecule has 1 aromatic carbocycles. The molecule has 0 radical (unpaired) electrons. The fourth-order valence-corrected chi connectivity index (χ4v) is 1.50. The van der Waals surface area contributed by atoms with Gasteiger partial charge in [0, 0.05) is 13.5 Å². The molecule has 2 aromatic rings. The van der Waals surface area contributed by atoms with E-state index in [1.807, 2.05) is 6.07 Å². The molecule has 0 aliphatic rings. The first kappa shape index (κ1) is 10.7. The molecule has 0 aliphatic heterocycles. The molecule has 0 fully saturated rings. The van der Waals surface area contributed by atoms with Gasteiger partial charge < -0.3 is 9.73 Å². The highest BCUT2D eigenvalue weighted by Gasteiger charge is 2.03. The lowest BCUT2D eigenvalue weighted by Crippen LogP contribution is -1.90. The summed E-state index contributed by atoms with van der Waals surface area (Å²) in [6, 6.07) is 7.10. The summed E-state index contributed by atoms with van der Waals surface area (Å²) in [6.07, 6.45) is 3.15. The van der Waals surface area contributed by atoms with Gasteiger partial charge in [0.1, 0.15) is 11.6 Å². The molecule has 0 aliphatic carbocycles. The average Bonchev–Trinajstić information content (AvgIpc) is 2.74. The van der Waals surface area contributed by atoms with E-state index in [1.165, 1.54) is 12.1 Å². The van der Waals surface area contributed by atoms with Crippen LogP contribution in [0, 0.1) is 5.82 Å². The number of hydrogen-bond donors (Lipinski definition) is 1. The molecule has 0 atom stereocenters. The lowest BCUT2D eigenvalue weighted by molar-refractivity contribution is 0.518. The summed E-state index contributed by atoms with van der Waals surface area (Å²) in [4.78, 5) is 4.01. The van der Waals surface area contributed by atoms with Gasteiger partial charge in [-0.1, -0.05) is 12.1 Å². The maximum absolute atomic E-state index is 12.9. The minimum Gasteiger partial charge on any atom is -0.429 e. The Labute approximate surface area is 93.3 Å². The van der Waals surface area contributed by atoms with Crippen LogP contribution >= 0.6 is 0 Å². The highest BCUT2D eigenvalue weighted by molar-refractivity contribution is 5.20. The molecule has 2 rings (SSSR count). The van der Waals surface area contributed by atoms with Gasteiger partial charge >= 0.3 is 0 Å². The zero-order valence-electron chi connectivity index (χ0n) is 9.03. The normalized spacial score (nSPS) is 10.4. The molecule has 1 heterocycles. The number of anilines is 1. The number of hydrogen-bond acceptors (Lipinski definition) is 3. The van der Waals surface area contributed by atoms with Gasteiger partial charge in [-0.3, -0.25) is 0 Å². The lowest BCUT2D eigenvalue weighted by Gasteiger charge is -1.99. The summed E-state index contributed by atoms with van der Waals surface area (Å²) in [5, 5.41) is 2.82. The van der Waals surface area contributed by atoms with Crippen molar-refractivity contribution in [3.8, 4) is 0 Å². The maximum Gasteiger partial charge on any atom is 0.294 e. The molecule has 16 heavy (non-hydrogen) atoms. The molecule has 0 bridgehead atoms. The van der Waals surface area contributed by atoms with Crippen molar-refractivity contribution < 1.29 is 8.81 Å². The van der Waals surface area contributed by atoms with Gasteiger partial charge in [-0.2, -0.15) is 0 Å². The molecule has 3 nitrogen and oxygen atoms in total. The van der Waals surface area contributed by atoms with Crippen LogP contribution < -0.4 is 5.32 Å². The molecule has 1 aromatic heterocycles. The lowest BCUT2D eigenvalue weighted by atomic mass is 10.1. The van der Waals surface area contributed by atoms with Crippen LogP contribution in [-0.2, 0) is 12.8 Å². The number of halogens is 1. The molecular formula is C12H13FN2O. The number of aromatic nitrogens is 1. The molecule has 1 N–H and O–H groups in total. The highest BCUT2D eigenvalue weighted by atomic mass is 19.1. The van der Waals surface area contributed by atoms with Crippen molar-refractivity contribution in [1.29, 1.82) is 0 Å². The smallest absolute Gasteiger partial charge is 0.294 e. The maximum atomic E-state index is 12.9. The third-order valence-corrected chi connectivity index (χ3v) is 2.32. The summed E-state index contributed by atoms with van der Waals surface area (Å²) in [7, 11) is 1.75. The number of rotatable bonds is 4. The zero-order chi connectivity index (χ0) is 11.4. The molecule has 0 spiro atoms. The van der Waals surface area contributed by atoms with Crippen LogP contribution in [0.1, 0.15) is 11.3 Å². The van der Waals surface area contributed by atoms with E-state index in [4.69, 9.17) is 4.42 Å². The van der Waals surface area contributed by atoms with E-state index in [2.05, 4.69) is 10.3 Å². The first-order valence-corrected chi connectivity index (χ1v) is 5.15. The van der Waals surface area contributed by atoms with E-state index in [1.54, 1.807) is 19.3 Å². The minimum absolute atomic E-state index is 0.203. The van der Waals surface area contributed by atoms with Gasteiger partial charge in [0.25, 0.3) is 6.01 Å². The van der Waals surface area contributed by atoms with Crippen LogP contribution in [0.25, 0.3) is 0 Å². The Morgan fingerprint density at radius 2 is 2.25 bits per heavy atom. The molecule has 0 amide bonds. The van der Waals surface area contributed by atoms with Gasteiger partial charge in [0.15, 0.2) is 0 Å². The van der Waals surface area contributed by atoms with Crippen LogP contribution in [0.4, 0.5) is 10.4 Å². The second-order valence-electron chi connectivity index (χ2n) is 3.51. The molecule has 4 heteroatoms. The van der Waals surface area contributed by atoms with Crippen LogP contribution in [0.15, 0.2) is 34.9 Å². The zero-order valence-corrected chi connectivity index (χ0v) is 9.03. The Bertz CT molecular complexity index is 468. The number of oxazole rings is 1. The Balaban J connectivity index is 1.96. The largest absolute Gasteiger partial charge is 0.429 e. The minimum atomic E-state index is -0.203. The topological polar surface area (TPSA) is 38.1 Å². The molecule has 0 saturated carbocycles. The summed E-state index contributed by atoms with van der Waals surface area (Å²) < 4.78 is 18.3. The van der Waals surface area contributed by atoms with Gasteiger partial charge in [0.2, 0.25) is 0 Å². The Morgan fingerprint density at radius 3 is 2.94 bits per heavy atom. The monoisotopic (exact) mass is 220 g/mol. The van der Waals surface area contributed by atoms with E-state index in [0.717, 1.165) is 24.2 Å². The first-order valence-electron chi connectivity index (χ1n) is 5.15. The van der Waals surface area contributed by atoms with Crippen molar-refractivity contribution in [1.82, 2.24) is 4.98 Å². The summed E-state index contributed by atoms with van der Waals surface area (Å²) >= 11 is 0.